The summed E-state index contributed by atoms with van der Waals surface area (Å²) < 4.78 is 22.9. The molecule has 2 saturated carbocycles. The van der Waals surface area contributed by atoms with Gasteiger partial charge in [-0.2, -0.15) is 0 Å². The van der Waals surface area contributed by atoms with E-state index in [1.165, 1.54) is 25.7 Å². The Balaban J connectivity index is 1.30. The van der Waals surface area contributed by atoms with Gasteiger partial charge in [-0.25, -0.2) is 13.6 Å². The van der Waals surface area contributed by atoms with Crippen molar-refractivity contribution in [3.8, 4) is 0 Å². The molecule has 4 fully saturated rings. The monoisotopic (exact) mass is 444 g/mol. The molecule has 4 rings (SSSR count). The number of fused-ring (bicyclic) bond motifs is 3. The van der Waals surface area contributed by atoms with Crippen LogP contribution in [-0.2, 0) is 19.6 Å². The lowest BCUT2D eigenvalue weighted by molar-refractivity contribution is -0.144. The molecular formula is C19H32N4O4S2. The summed E-state index contributed by atoms with van der Waals surface area (Å²) in [6.45, 7) is 0.476. The molecule has 0 bridgehead atoms. The first-order valence-corrected chi connectivity index (χ1v) is 13.4. The highest BCUT2D eigenvalue weighted by molar-refractivity contribution is 8.00. The molecule has 0 aromatic heterocycles. The first kappa shape index (κ1) is 21.4. The third-order valence-electron chi connectivity index (χ3n) is 7.03. The van der Waals surface area contributed by atoms with Crippen molar-refractivity contribution < 1.29 is 18.0 Å². The molecule has 2 aliphatic carbocycles. The van der Waals surface area contributed by atoms with Crippen LogP contribution < -0.4 is 15.8 Å². The van der Waals surface area contributed by atoms with E-state index in [1.54, 1.807) is 4.90 Å². The predicted molar refractivity (Wildman–Crippen MR) is 112 cm³/mol. The van der Waals surface area contributed by atoms with Gasteiger partial charge in [-0.1, -0.05) is 19.3 Å². The minimum absolute atomic E-state index is 0.0187. The molecule has 4 N–H and O–H groups in total. The van der Waals surface area contributed by atoms with Gasteiger partial charge in [0.25, 0.3) is 0 Å². The molecule has 29 heavy (non-hydrogen) atoms. The van der Waals surface area contributed by atoms with Gasteiger partial charge >= 0.3 is 0 Å². The summed E-state index contributed by atoms with van der Waals surface area (Å²) in [6, 6.07) is -0.0469. The Morgan fingerprint density at radius 1 is 1.14 bits per heavy atom. The summed E-state index contributed by atoms with van der Waals surface area (Å²) in [6.07, 6.45) is 8.15. The number of amides is 2. The molecule has 2 heterocycles. The van der Waals surface area contributed by atoms with Crippen molar-refractivity contribution in [1.29, 1.82) is 0 Å². The van der Waals surface area contributed by atoms with Crippen LogP contribution in [0.25, 0.3) is 0 Å². The summed E-state index contributed by atoms with van der Waals surface area (Å²) in [5, 5.41) is 11.9. The number of primary sulfonamides is 1. The van der Waals surface area contributed by atoms with Gasteiger partial charge in [0.2, 0.25) is 21.8 Å². The average Bonchev–Trinajstić information content (AvgIpc) is 2.86. The molecule has 2 aliphatic heterocycles. The SMILES string of the molecule is NS(=O)(=O)C1CCC(NC(=O)CN2CNC3SC4CCCCCC4C3C2=O)CC1. The molecule has 8 nitrogen and oxygen atoms in total. The van der Waals surface area contributed by atoms with E-state index in [2.05, 4.69) is 10.6 Å². The fourth-order valence-corrected chi connectivity index (χ4v) is 8.25. The molecule has 0 aromatic rings. The van der Waals surface area contributed by atoms with Crippen LogP contribution in [0.4, 0.5) is 0 Å². The first-order valence-electron chi connectivity index (χ1n) is 10.8. The predicted octanol–water partition coefficient (Wildman–Crippen LogP) is 0.730. The highest BCUT2D eigenvalue weighted by atomic mass is 32.2. The van der Waals surface area contributed by atoms with E-state index in [-0.39, 0.29) is 35.7 Å². The molecular weight excluding hydrogens is 412 g/mol. The molecule has 4 aliphatic rings. The average molecular weight is 445 g/mol. The summed E-state index contributed by atoms with van der Waals surface area (Å²) in [5.41, 5.74) is 0. The minimum atomic E-state index is -3.50. The van der Waals surface area contributed by atoms with E-state index < -0.39 is 15.3 Å². The zero-order valence-corrected chi connectivity index (χ0v) is 18.3. The van der Waals surface area contributed by atoms with Crippen LogP contribution in [0.1, 0.15) is 57.8 Å². The fraction of sp³-hybridized carbons (Fsp3) is 0.895. The van der Waals surface area contributed by atoms with Crippen LogP contribution in [-0.4, -0.2) is 60.3 Å². The number of rotatable bonds is 4. The highest BCUT2D eigenvalue weighted by Gasteiger charge is 2.51. The number of nitrogens with zero attached hydrogens (tertiary/aromatic N) is 1. The van der Waals surface area contributed by atoms with Crippen LogP contribution in [0, 0.1) is 11.8 Å². The molecule has 0 aromatic carbocycles. The minimum Gasteiger partial charge on any atom is -0.352 e. The Hall–Kier alpha value is -0.840. The van der Waals surface area contributed by atoms with Crippen LogP contribution in [0.5, 0.6) is 0 Å². The molecule has 4 atom stereocenters. The second-order valence-electron chi connectivity index (χ2n) is 8.95. The lowest BCUT2D eigenvalue weighted by Gasteiger charge is -2.37. The van der Waals surface area contributed by atoms with Crippen LogP contribution >= 0.6 is 11.8 Å². The van der Waals surface area contributed by atoms with E-state index in [4.69, 9.17) is 5.14 Å². The van der Waals surface area contributed by atoms with E-state index in [0.717, 1.165) is 6.42 Å². The maximum absolute atomic E-state index is 13.2. The van der Waals surface area contributed by atoms with Crippen LogP contribution in [0.15, 0.2) is 0 Å². The number of sulfonamides is 1. The van der Waals surface area contributed by atoms with E-state index in [1.807, 2.05) is 11.8 Å². The highest BCUT2D eigenvalue weighted by Crippen LogP contribution is 2.49. The van der Waals surface area contributed by atoms with Gasteiger partial charge in [0, 0.05) is 11.3 Å². The van der Waals surface area contributed by atoms with E-state index in [9.17, 15) is 18.0 Å². The third-order valence-corrected chi connectivity index (χ3v) is 10.1. The molecule has 10 heteroatoms. The Bertz CT molecular complexity index is 738. The van der Waals surface area contributed by atoms with Gasteiger partial charge in [0.05, 0.1) is 23.2 Å². The molecule has 0 spiro atoms. The van der Waals surface area contributed by atoms with Crippen LogP contribution in [0.3, 0.4) is 0 Å². The van der Waals surface area contributed by atoms with Gasteiger partial charge in [-0.15, -0.1) is 11.8 Å². The van der Waals surface area contributed by atoms with Gasteiger partial charge in [-0.05, 0) is 44.4 Å². The number of nitrogens with one attached hydrogen (secondary N) is 2. The van der Waals surface area contributed by atoms with Crippen molar-refractivity contribution in [2.45, 2.75) is 79.7 Å². The molecule has 164 valence electrons. The van der Waals surface area contributed by atoms with Crippen molar-refractivity contribution in [2.75, 3.05) is 13.2 Å². The van der Waals surface area contributed by atoms with Crippen LogP contribution in [0.2, 0.25) is 0 Å². The third kappa shape index (κ3) is 4.75. The lowest BCUT2D eigenvalue weighted by Crippen LogP contribution is -2.58. The van der Waals surface area contributed by atoms with E-state index in [0.29, 0.717) is 43.5 Å². The maximum Gasteiger partial charge on any atom is 0.239 e. The van der Waals surface area contributed by atoms with Crippen molar-refractivity contribution in [1.82, 2.24) is 15.5 Å². The summed E-state index contributed by atoms with van der Waals surface area (Å²) >= 11 is 1.93. The number of hydrogen-bond acceptors (Lipinski definition) is 6. The Labute approximate surface area is 177 Å². The van der Waals surface area contributed by atoms with Gasteiger partial charge in [0.15, 0.2) is 0 Å². The number of carbonyl (C=O) groups is 2. The normalized spacial score (nSPS) is 38.1. The summed E-state index contributed by atoms with van der Waals surface area (Å²) in [5.74, 6) is 0.353. The quantitative estimate of drug-likeness (QED) is 0.588. The first-order chi connectivity index (χ1) is 13.8. The molecule has 2 saturated heterocycles. The van der Waals surface area contributed by atoms with Crippen molar-refractivity contribution in [3.05, 3.63) is 0 Å². The molecule has 2 amide bonds. The standard InChI is InChI=1S/C19H32N4O4S2/c20-29(26,27)13-8-6-12(7-9-13)22-16(24)10-23-11-21-18-17(19(23)25)14-4-2-1-3-5-15(14)28-18/h12-15,17-18,21H,1-11H2,(H,22,24)(H2,20,26,27). The van der Waals surface area contributed by atoms with E-state index >= 15 is 0 Å². The topological polar surface area (TPSA) is 122 Å². The van der Waals surface area contributed by atoms with Crippen molar-refractivity contribution in [3.63, 3.8) is 0 Å². The lowest BCUT2D eigenvalue weighted by atomic mass is 9.84. The Kier molecular flexibility index (Phi) is 6.44. The largest absolute Gasteiger partial charge is 0.352 e. The number of hydrogen-bond donors (Lipinski definition) is 3. The Morgan fingerprint density at radius 3 is 2.59 bits per heavy atom. The van der Waals surface area contributed by atoms with Crippen molar-refractivity contribution >= 4 is 33.6 Å². The molecule has 4 unspecified atom stereocenters. The Morgan fingerprint density at radius 2 is 1.86 bits per heavy atom. The zero-order chi connectivity index (χ0) is 20.6. The maximum atomic E-state index is 13.2. The number of nitrogens with two attached hydrogens (primary N) is 1. The van der Waals surface area contributed by atoms with Crippen molar-refractivity contribution in [2.24, 2.45) is 17.0 Å². The smallest absolute Gasteiger partial charge is 0.239 e. The number of carbonyl (C=O) groups excluding carboxylic acids is 2. The van der Waals surface area contributed by atoms with Gasteiger partial charge in [-0.3, -0.25) is 14.9 Å². The number of thioether (sulfide) groups is 1. The summed E-state index contributed by atoms with van der Waals surface area (Å²) in [4.78, 5) is 27.4. The molecule has 0 radical (unpaired) electrons. The fourth-order valence-electron chi connectivity index (χ4n) is 5.47. The van der Waals surface area contributed by atoms with Gasteiger partial charge in [0.1, 0.15) is 6.54 Å². The second kappa shape index (κ2) is 8.72. The summed E-state index contributed by atoms with van der Waals surface area (Å²) in [7, 11) is -3.50. The zero-order valence-electron chi connectivity index (χ0n) is 16.7. The van der Waals surface area contributed by atoms with Gasteiger partial charge < -0.3 is 10.2 Å². The second-order valence-corrected chi connectivity index (χ2v) is 12.2.